The van der Waals surface area contributed by atoms with Crippen molar-refractivity contribution in [2.45, 2.75) is 97.3 Å². The van der Waals surface area contributed by atoms with Crippen LogP contribution in [0.2, 0.25) is 0 Å². The number of carbonyl (C=O) groups is 1. The molecule has 0 radical (unpaired) electrons. The third-order valence-electron chi connectivity index (χ3n) is 5.61. The van der Waals surface area contributed by atoms with Crippen molar-refractivity contribution >= 4 is 17.7 Å². The Hall–Kier alpha value is -1.81. The first-order valence-corrected chi connectivity index (χ1v) is 13.0. The lowest BCUT2D eigenvalue weighted by atomic mass is 10.0. The van der Waals surface area contributed by atoms with Gasteiger partial charge in [-0.1, -0.05) is 96.1 Å². The lowest BCUT2D eigenvalue weighted by Gasteiger charge is -2.07. The van der Waals surface area contributed by atoms with Crippen molar-refractivity contribution in [2.75, 3.05) is 31.7 Å². The monoisotopic (exact) mass is 445 g/mol. The standard InChI is InChI=1S/C28H47NO3/c1-3-5-6-7-8-9-10-11-12-13-14-15-16-23-29-27-20-17-26(18-21-27)19-22-28(30)32-25-24-31-4-2/h17-22,29H,3-16,23-25H2,1-2H3. The number of carbonyl (C=O) groups excluding carboxylic acids is 1. The minimum atomic E-state index is -0.339. The van der Waals surface area contributed by atoms with E-state index in [2.05, 4.69) is 24.4 Å². The van der Waals surface area contributed by atoms with Gasteiger partial charge < -0.3 is 14.8 Å². The number of hydrogen-bond acceptors (Lipinski definition) is 4. The molecule has 0 amide bonds. The van der Waals surface area contributed by atoms with Crippen molar-refractivity contribution in [1.29, 1.82) is 0 Å². The molecule has 0 bridgehead atoms. The first-order valence-electron chi connectivity index (χ1n) is 13.0. The van der Waals surface area contributed by atoms with Crippen LogP contribution in [0.15, 0.2) is 30.3 Å². The normalized spacial score (nSPS) is 11.2. The molecular weight excluding hydrogens is 398 g/mol. The Morgan fingerprint density at radius 1 is 0.781 bits per heavy atom. The van der Waals surface area contributed by atoms with E-state index in [4.69, 9.17) is 9.47 Å². The van der Waals surface area contributed by atoms with Crippen molar-refractivity contribution in [3.05, 3.63) is 35.9 Å². The molecule has 1 N–H and O–H groups in total. The molecule has 0 spiro atoms. The smallest absolute Gasteiger partial charge is 0.330 e. The topological polar surface area (TPSA) is 47.6 Å². The Morgan fingerprint density at radius 3 is 1.91 bits per heavy atom. The molecule has 0 saturated heterocycles. The summed E-state index contributed by atoms with van der Waals surface area (Å²) in [6, 6.07) is 8.14. The Balaban J connectivity index is 1.98. The van der Waals surface area contributed by atoms with Crippen LogP contribution in [0.3, 0.4) is 0 Å². The van der Waals surface area contributed by atoms with E-state index in [-0.39, 0.29) is 5.97 Å². The van der Waals surface area contributed by atoms with Crippen molar-refractivity contribution < 1.29 is 14.3 Å². The zero-order valence-electron chi connectivity index (χ0n) is 20.7. The molecule has 4 heteroatoms. The highest BCUT2D eigenvalue weighted by Gasteiger charge is 1.98. The Morgan fingerprint density at radius 2 is 1.34 bits per heavy atom. The highest BCUT2D eigenvalue weighted by Crippen LogP contribution is 2.14. The molecule has 0 aliphatic heterocycles. The van der Waals surface area contributed by atoms with Gasteiger partial charge in [-0.15, -0.1) is 0 Å². The molecule has 0 unspecified atom stereocenters. The number of hydrogen-bond donors (Lipinski definition) is 1. The maximum Gasteiger partial charge on any atom is 0.330 e. The summed E-state index contributed by atoms with van der Waals surface area (Å²) < 4.78 is 10.2. The van der Waals surface area contributed by atoms with E-state index in [0.29, 0.717) is 19.8 Å². The Bertz CT molecular complexity index is 583. The van der Waals surface area contributed by atoms with Crippen LogP contribution in [0.5, 0.6) is 0 Å². The zero-order valence-corrected chi connectivity index (χ0v) is 20.7. The number of unbranched alkanes of at least 4 members (excludes halogenated alkanes) is 12. The second kappa shape index (κ2) is 21.1. The summed E-state index contributed by atoms with van der Waals surface area (Å²) in [7, 11) is 0. The van der Waals surface area contributed by atoms with Crippen LogP contribution < -0.4 is 5.32 Å². The predicted molar refractivity (Wildman–Crippen MR) is 137 cm³/mol. The molecule has 0 saturated carbocycles. The van der Waals surface area contributed by atoms with E-state index in [1.807, 2.05) is 19.1 Å². The number of anilines is 1. The lowest BCUT2D eigenvalue weighted by molar-refractivity contribution is -0.139. The van der Waals surface area contributed by atoms with Gasteiger partial charge in [-0.05, 0) is 37.1 Å². The van der Waals surface area contributed by atoms with Gasteiger partial charge >= 0.3 is 5.97 Å². The molecule has 182 valence electrons. The summed E-state index contributed by atoms with van der Waals surface area (Å²) in [6.07, 6.45) is 21.2. The summed E-state index contributed by atoms with van der Waals surface area (Å²) in [5, 5.41) is 3.49. The van der Waals surface area contributed by atoms with Gasteiger partial charge in [0.1, 0.15) is 6.61 Å². The van der Waals surface area contributed by atoms with E-state index < -0.39 is 0 Å². The van der Waals surface area contributed by atoms with Crippen LogP contribution in [-0.2, 0) is 14.3 Å². The summed E-state index contributed by atoms with van der Waals surface area (Å²) in [5.41, 5.74) is 2.11. The number of nitrogens with one attached hydrogen (secondary N) is 1. The molecule has 0 atom stereocenters. The molecule has 0 fully saturated rings. The molecule has 0 heterocycles. The number of benzene rings is 1. The number of esters is 1. The molecule has 4 nitrogen and oxygen atoms in total. The quantitative estimate of drug-likeness (QED) is 0.119. The Labute approximate surface area is 197 Å². The molecule has 32 heavy (non-hydrogen) atoms. The third-order valence-corrected chi connectivity index (χ3v) is 5.61. The van der Waals surface area contributed by atoms with Gasteiger partial charge in [0.05, 0.1) is 6.61 Å². The van der Waals surface area contributed by atoms with E-state index in [1.54, 1.807) is 6.08 Å². The number of ether oxygens (including phenoxy) is 2. The Kier molecular flexibility index (Phi) is 18.6. The van der Waals surface area contributed by atoms with E-state index >= 15 is 0 Å². The summed E-state index contributed by atoms with van der Waals surface area (Å²) >= 11 is 0. The molecule has 0 aliphatic rings. The SMILES string of the molecule is CCCCCCCCCCCCCCCNc1ccc(C=CC(=O)OCCOCC)cc1. The van der Waals surface area contributed by atoms with Gasteiger partial charge in [-0.25, -0.2) is 4.79 Å². The fourth-order valence-corrected chi connectivity index (χ4v) is 3.65. The van der Waals surface area contributed by atoms with E-state index in [9.17, 15) is 4.79 Å². The van der Waals surface area contributed by atoms with Crippen molar-refractivity contribution in [2.24, 2.45) is 0 Å². The molecule has 1 aromatic rings. The van der Waals surface area contributed by atoms with Crippen molar-refractivity contribution in [1.82, 2.24) is 0 Å². The maximum atomic E-state index is 11.6. The second-order valence-corrected chi connectivity index (χ2v) is 8.49. The predicted octanol–water partition coefficient (Wildman–Crippen LogP) is 7.78. The molecule has 0 aliphatic carbocycles. The number of rotatable bonds is 21. The van der Waals surface area contributed by atoms with E-state index in [0.717, 1.165) is 17.8 Å². The largest absolute Gasteiger partial charge is 0.460 e. The van der Waals surface area contributed by atoms with Crippen molar-refractivity contribution in [3.8, 4) is 0 Å². The van der Waals surface area contributed by atoms with Crippen LogP contribution in [0.25, 0.3) is 6.08 Å². The average molecular weight is 446 g/mol. The summed E-state index contributed by atoms with van der Waals surface area (Å²) in [4.78, 5) is 11.6. The first kappa shape index (κ1) is 28.2. The minimum absolute atomic E-state index is 0.291. The van der Waals surface area contributed by atoms with E-state index in [1.165, 1.54) is 89.5 Å². The fourth-order valence-electron chi connectivity index (χ4n) is 3.65. The van der Waals surface area contributed by atoms with Gasteiger partial charge in [0, 0.05) is 24.9 Å². The van der Waals surface area contributed by atoms with Gasteiger partial charge in [-0.3, -0.25) is 0 Å². The minimum Gasteiger partial charge on any atom is -0.460 e. The summed E-state index contributed by atoms with van der Waals surface area (Å²) in [6.45, 7) is 6.57. The molecule has 1 aromatic carbocycles. The molecule has 1 rings (SSSR count). The zero-order chi connectivity index (χ0) is 23.1. The van der Waals surface area contributed by atoms with Gasteiger partial charge in [0.2, 0.25) is 0 Å². The van der Waals surface area contributed by atoms with Crippen LogP contribution in [0, 0.1) is 0 Å². The fraction of sp³-hybridized carbons (Fsp3) is 0.679. The first-order chi connectivity index (χ1) is 15.8. The third kappa shape index (κ3) is 16.8. The van der Waals surface area contributed by atoms with Gasteiger partial charge in [0.25, 0.3) is 0 Å². The molecule has 0 aromatic heterocycles. The second-order valence-electron chi connectivity index (χ2n) is 8.49. The van der Waals surface area contributed by atoms with Crippen LogP contribution >= 0.6 is 0 Å². The molecular formula is C28H47NO3. The van der Waals surface area contributed by atoms with Crippen LogP contribution in [0.4, 0.5) is 5.69 Å². The highest BCUT2D eigenvalue weighted by molar-refractivity contribution is 5.87. The summed E-state index contributed by atoms with van der Waals surface area (Å²) in [5.74, 6) is -0.339. The average Bonchev–Trinajstić information content (AvgIpc) is 2.81. The van der Waals surface area contributed by atoms with Gasteiger partial charge in [0.15, 0.2) is 0 Å². The van der Waals surface area contributed by atoms with Gasteiger partial charge in [-0.2, -0.15) is 0 Å². The van der Waals surface area contributed by atoms with Crippen LogP contribution in [0.1, 0.15) is 103 Å². The highest BCUT2D eigenvalue weighted by atomic mass is 16.6. The van der Waals surface area contributed by atoms with Crippen molar-refractivity contribution in [3.63, 3.8) is 0 Å². The maximum absolute atomic E-state index is 11.6. The lowest BCUT2D eigenvalue weighted by Crippen LogP contribution is -2.08. The van der Waals surface area contributed by atoms with Crippen LogP contribution in [-0.4, -0.2) is 32.3 Å².